The largest absolute Gasteiger partial charge is 0.502 e. The first-order valence-electron chi connectivity index (χ1n) is 4.30. The summed E-state index contributed by atoms with van der Waals surface area (Å²) < 4.78 is 35.0. The van der Waals surface area contributed by atoms with Crippen molar-refractivity contribution < 1.29 is 23.0 Å². The third-order valence-electron chi connectivity index (χ3n) is 1.44. The van der Waals surface area contributed by atoms with Gasteiger partial charge < -0.3 is 9.47 Å². The van der Waals surface area contributed by atoms with Gasteiger partial charge in [0.1, 0.15) is 5.75 Å². The van der Waals surface area contributed by atoms with Crippen molar-refractivity contribution in [1.82, 2.24) is 4.98 Å². The number of carbonyl (C=O) groups excluding carboxylic acids is 1. The predicted molar refractivity (Wildman–Crippen MR) is 54.1 cm³/mol. The number of nitrogens with zero attached hydrogens (tertiary/aromatic N) is 1. The van der Waals surface area contributed by atoms with Gasteiger partial charge >= 0.3 is 12.1 Å². The number of carbonyl (C=O) groups is 1. The van der Waals surface area contributed by atoms with Crippen LogP contribution >= 0.6 is 15.9 Å². The van der Waals surface area contributed by atoms with E-state index in [1.54, 1.807) is 0 Å². The van der Waals surface area contributed by atoms with Gasteiger partial charge in [0.2, 0.25) is 0 Å². The van der Waals surface area contributed by atoms with Gasteiger partial charge in [-0.05, 0) is 28.9 Å². The fourth-order valence-corrected chi connectivity index (χ4v) is 1.20. The molecule has 0 aliphatic carbocycles. The zero-order valence-electron chi connectivity index (χ0n) is 8.25. The van der Waals surface area contributed by atoms with E-state index in [1.807, 2.05) is 0 Å². The van der Waals surface area contributed by atoms with Gasteiger partial charge in [-0.15, -0.1) is 0 Å². The van der Waals surface area contributed by atoms with Gasteiger partial charge in [0, 0.05) is 10.7 Å². The Bertz CT molecular complexity index is 387. The Labute approximate surface area is 98.7 Å². The highest BCUT2D eigenvalue weighted by molar-refractivity contribution is 9.10. The van der Waals surface area contributed by atoms with E-state index in [0.29, 0.717) is 4.47 Å². The molecule has 0 saturated carbocycles. The Balaban J connectivity index is 2.75. The smallest absolute Gasteiger partial charge is 0.459 e. The molecule has 0 saturated heterocycles. The third kappa shape index (κ3) is 3.41. The van der Waals surface area contributed by atoms with Crippen LogP contribution < -0.4 is 4.74 Å². The first-order valence-corrected chi connectivity index (χ1v) is 5.09. The van der Waals surface area contributed by atoms with Crippen molar-refractivity contribution in [1.29, 1.82) is 0 Å². The quantitative estimate of drug-likeness (QED) is 0.800. The predicted octanol–water partition coefficient (Wildman–Crippen LogP) is 2.38. The summed E-state index contributed by atoms with van der Waals surface area (Å²) in [6.45, 7) is 1.28. The van der Waals surface area contributed by atoms with Crippen LogP contribution in [-0.2, 0) is 9.53 Å². The fourth-order valence-electron chi connectivity index (χ4n) is 0.853. The van der Waals surface area contributed by atoms with Gasteiger partial charge in [-0.1, -0.05) is 0 Å². The molecule has 0 fully saturated rings. The maximum Gasteiger partial charge on any atom is 0.502 e. The molecule has 0 aromatic carbocycles. The molecule has 1 heterocycles. The normalized spacial score (nSPS) is 11.0. The van der Waals surface area contributed by atoms with Gasteiger partial charge in [0.15, 0.2) is 0 Å². The minimum absolute atomic E-state index is 0.144. The van der Waals surface area contributed by atoms with Gasteiger partial charge in [0.25, 0.3) is 0 Å². The van der Waals surface area contributed by atoms with E-state index in [1.165, 1.54) is 19.2 Å². The Kier molecular flexibility index (Phi) is 4.17. The number of hydrogen-bond acceptors (Lipinski definition) is 4. The number of pyridine rings is 1. The molecule has 88 valence electrons. The van der Waals surface area contributed by atoms with Gasteiger partial charge in [-0.3, -0.25) is 4.98 Å². The Morgan fingerprint density at radius 3 is 2.81 bits per heavy atom. The molecule has 0 N–H and O–H groups in total. The van der Waals surface area contributed by atoms with Crippen LogP contribution in [0.15, 0.2) is 22.9 Å². The van der Waals surface area contributed by atoms with Crippen LogP contribution in [0.25, 0.3) is 0 Å². The Morgan fingerprint density at radius 2 is 2.25 bits per heavy atom. The van der Waals surface area contributed by atoms with E-state index in [4.69, 9.17) is 0 Å². The maximum absolute atomic E-state index is 13.1. The molecule has 1 aromatic rings. The lowest BCUT2D eigenvalue weighted by Crippen LogP contribution is -2.36. The zero-order chi connectivity index (χ0) is 12.2. The van der Waals surface area contributed by atoms with E-state index in [0.717, 1.165) is 6.20 Å². The number of esters is 1. The molecule has 1 rings (SSSR count). The third-order valence-corrected chi connectivity index (χ3v) is 1.87. The van der Waals surface area contributed by atoms with Crippen LogP contribution in [0.1, 0.15) is 6.92 Å². The number of ether oxygens (including phenoxy) is 2. The highest BCUT2D eigenvalue weighted by atomic mass is 79.9. The molecule has 0 amide bonds. The van der Waals surface area contributed by atoms with Gasteiger partial charge in [-0.2, -0.15) is 8.78 Å². The molecule has 1 aromatic heterocycles. The van der Waals surface area contributed by atoms with E-state index >= 15 is 0 Å². The lowest BCUT2D eigenvalue weighted by atomic mass is 10.4. The van der Waals surface area contributed by atoms with E-state index in [-0.39, 0.29) is 12.4 Å². The van der Waals surface area contributed by atoms with Crippen molar-refractivity contribution in [3.63, 3.8) is 0 Å². The summed E-state index contributed by atoms with van der Waals surface area (Å²) in [6, 6.07) is 1.26. The maximum atomic E-state index is 13.1. The molecule has 0 aliphatic rings. The minimum Gasteiger partial charge on any atom is -0.459 e. The monoisotopic (exact) mass is 295 g/mol. The summed E-state index contributed by atoms with van der Waals surface area (Å²) in [7, 11) is 0. The van der Waals surface area contributed by atoms with Crippen LogP contribution in [-0.4, -0.2) is 23.7 Å². The molecule has 0 spiro atoms. The average molecular weight is 296 g/mol. The Hall–Kier alpha value is -1.24. The topological polar surface area (TPSA) is 48.4 Å². The summed E-state index contributed by atoms with van der Waals surface area (Å²) in [5.41, 5.74) is 0. The summed E-state index contributed by atoms with van der Waals surface area (Å²) in [6.07, 6.45) is -1.55. The van der Waals surface area contributed by atoms with Crippen molar-refractivity contribution in [2.24, 2.45) is 0 Å². The van der Waals surface area contributed by atoms with Crippen molar-refractivity contribution in [3.05, 3.63) is 22.9 Å². The molecular weight excluding hydrogens is 288 g/mol. The average Bonchev–Trinajstić information content (AvgIpc) is 2.17. The fraction of sp³-hybridized carbons (Fsp3) is 0.333. The highest BCUT2D eigenvalue weighted by Gasteiger charge is 2.44. The molecule has 0 aliphatic heterocycles. The van der Waals surface area contributed by atoms with Crippen molar-refractivity contribution in [3.8, 4) is 5.75 Å². The van der Waals surface area contributed by atoms with Crippen LogP contribution in [0.5, 0.6) is 5.75 Å². The summed E-state index contributed by atoms with van der Waals surface area (Å²) in [5, 5.41) is 0. The van der Waals surface area contributed by atoms with Gasteiger partial charge in [0.05, 0.1) is 12.8 Å². The molecule has 4 nitrogen and oxygen atoms in total. The van der Waals surface area contributed by atoms with E-state index < -0.39 is 12.1 Å². The molecule has 7 heteroatoms. The SMILES string of the molecule is CCOC(=O)C(F)(F)Oc1cncc(Br)c1. The van der Waals surface area contributed by atoms with Crippen molar-refractivity contribution in [2.45, 2.75) is 13.0 Å². The second-order valence-electron chi connectivity index (χ2n) is 2.68. The lowest BCUT2D eigenvalue weighted by molar-refractivity contribution is -0.216. The summed E-state index contributed by atoms with van der Waals surface area (Å²) >= 11 is 3.03. The second kappa shape index (κ2) is 5.20. The van der Waals surface area contributed by atoms with Gasteiger partial charge in [-0.25, -0.2) is 4.79 Å². The van der Waals surface area contributed by atoms with E-state index in [9.17, 15) is 13.6 Å². The number of aromatic nitrogens is 1. The standard InChI is InChI=1S/C9H8BrF2NO3/c1-2-15-8(14)9(11,12)16-7-3-6(10)4-13-5-7/h3-5H,2H2,1H3. The number of halogens is 3. The molecule has 16 heavy (non-hydrogen) atoms. The summed E-state index contributed by atoms with van der Waals surface area (Å²) in [4.78, 5) is 14.4. The molecule has 0 unspecified atom stereocenters. The number of rotatable bonds is 4. The highest BCUT2D eigenvalue weighted by Crippen LogP contribution is 2.24. The lowest BCUT2D eigenvalue weighted by Gasteiger charge is -2.15. The molecule has 0 radical (unpaired) electrons. The zero-order valence-corrected chi connectivity index (χ0v) is 9.83. The van der Waals surface area contributed by atoms with Crippen LogP contribution in [0.4, 0.5) is 8.78 Å². The Morgan fingerprint density at radius 1 is 1.56 bits per heavy atom. The van der Waals surface area contributed by atoms with Crippen molar-refractivity contribution in [2.75, 3.05) is 6.61 Å². The first kappa shape index (κ1) is 12.8. The summed E-state index contributed by atoms with van der Waals surface area (Å²) in [5.74, 6) is -1.96. The van der Waals surface area contributed by atoms with Crippen molar-refractivity contribution >= 4 is 21.9 Å². The van der Waals surface area contributed by atoms with Crippen LogP contribution in [0, 0.1) is 0 Å². The first-order chi connectivity index (χ1) is 7.45. The molecular formula is C9H8BrF2NO3. The van der Waals surface area contributed by atoms with Crippen LogP contribution in [0.3, 0.4) is 0 Å². The second-order valence-corrected chi connectivity index (χ2v) is 3.59. The van der Waals surface area contributed by atoms with E-state index in [2.05, 4.69) is 30.4 Å². The molecule has 0 bridgehead atoms. The minimum atomic E-state index is -4.02. The number of alkyl halides is 2. The number of hydrogen-bond donors (Lipinski definition) is 0. The molecule has 0 atom stereocenters. The van der Waals surface area contributed by atoms with Crippen LogP contribution in [0.2, 0.25) is 0 Å².